The summed E-state index contributed by atoms with van der Waals surface area (Å²) in [5.41, 5.74) is 0.780. The van der Waals surface area contributed by atoms with Crippen molar-refractivity contribution < 1.29 is 23.9 Å². The Labute approximate surface area is 115 Å². The lowest BCUT2D eigenvalue weighted by Crippen LogP contribution is -2.43. The third kappa shape index (κ3) is 2.77. The van der Waals surface area contributed by atoms with Crippen LogP contribution >= 0.6 is 0 Å². The van der Waals surface area contributed by atoms with Crippen molar-refractivity contribution in [1.29, 1.82) is 0 Å². The number of ether oxygens (including phenoxy) is 2. The molecule has 106 valence electrons. The van der Waals surface area contributed by atoms with Crippen LogP contribution in [-0.2, 0) is 25.7 Å². The summed E-state index contributed by atoms with van der Waals surface area (Å²) in [7, 11) is 2.99. The number of imide groups is 1. The zero-order valence-corrected chi connectivity index (χ0v) is 11.1. The van der Waals surface area contributed by atoms with E-state index in [4.69, 9.17) is 9.47 Å². The topological polar surface area (TPSA) is 76.2 Å². The van der Waals surface area contributed by atoms with Crippen molar-refractivity contribution in [2.24, 2.45) is 0 Å². The molecule has 7 heteroatoms. The molecule has 0 aromatic heterocycles. The van der Waals surface area contributed by atoms with Crippen molar-refractivity contribution in [3.8, 4) is 0 Å². The molecule has 1 saturated heterocycles. The number of benzene rings is 1. The molecule has 1 aliphatic heterocycles. The van der Waals surface area contributed by atoms with Crippen LogP contribution in [0.3, 0.4) is 0 Å². The van der Waals surface area contributed by atoms with Crippen molar-refractivity contribution in [2.75, 3.05) is 14.1 Å². The lowest BCUT2D eigenvalue weighted by atomic mass is 10.2. The molecule has 2 rings (SSSR count). The summed E-state index contributed by atoms with van der Waals surface area (Å²) in [6.45, 7) is 0.0168. The Morgan fingerprint density at radius 1 is 1.30 bits per heavy atom. The van der Waals surface area contributed by atoms with Gasteiger partial charge in [-0.2, -0.15) is 5.01 Å². The minimum absolute atomic E-state index is 0.0168. The molecule has 0 bridgehead atoms. The number of esters is 1. The molecule has 0 saturated carbocycles. The smallest absolute Gasteiger partial charge is 0.433 e. The van der Waals surface area contributed by atoms with E-state index in [0.717, 1.165) is 10.6 Å². The second-order valence-electron chi connectivity index (χ2n) is 4.35. The van der Waals surface area contributed by atoms with Gasteiger partial charge in [-0.15, -0.1) is 0 Å². The normalized spacial score (nSPS) is 18.4. The van der Waals surface area contributed by atoms with Gasteiger partial charge >= 0.3 is 12.1 Å². The average molecular weight is 278 g/mol. The van der Waals surface area contributed by atoms with Crippen molar-refractivity contribution in [1.82, 2.24) is 10.0 Å². The van der Waals surface area contributed by atoms with Crippen molar-refractivity contribution in [3.05, 3.63) is 35.9 Å². The van der Waals surface area contributed by atoms with Crippen molar-refractivity contribution >= 4 is 18.0 Å². The van der Waals surface area contributed by atoms with Crippen molar-refractivity contribution in [2.45, 2.75) is 12.7 Å². The highest BCUT2D eigenvalue weighted by molar-refractivity contribution is 6.10. The maximum absolute atomic E-state index is 11.8. The molecule has 20 heavy (non-hydrogen) atoms. The van der Waals surface area contributed by atoms with Gasteiger partial charge in [0.2, 0.25) is 0 Å². The summed E-state index contributed by atoms with van der Waals surface area (Å²) in [6.07, 6.45) is -2.42. The summed E-state index contributed by atoms with van der Waals surface area (Å²) in [5, 5.41) is 1.99. The van der Waals surface area contributed by atoms with E-state index >= 15 is 0 Å². The number of amides is 2. The summed E-state index contributed by atoms with van der Waals surface area (Å²) < 4.78 is 9.70. The Morgan fingerprint density at radius 2 is 1.95 bits per heavy atom. The van der Waals surface area contributed by atoms with E-state index in [1.165, 1.54) is 19.1 Å². The zero-order chi connectivity index (χ0) is 14.7. The molecule has 1 unspecified atom stereocenters. The summed E-state index contributed by atoms with van der Waals surface area (Å²) in [4.78, 5) is 35.1. The average Bonchev–Trinajstić information content (AvgIpc) is 2.72. The van der Waals surface area contributed by atoms with Gasteiger partial charge < -0.3 is 9.47 Å². The van der Waals surface area contributed by atoms with E-state index in [1.807, 2.05) is 6.07 Å². The Bertz CT molecular complexity index is 529. The number of carbonyl (C=O) groups excluding carboxylic acids is 3. The Balaban J connectivity index is 1.97. The molecule has 0 N–H and O–H groups in total. The molecular formula is C13H14N2O5. The molecule has 1 aromatic rings. The standard InChI is InChI=1S/C13H14N2O5/c1-14(2)15-11(16)10(20-13(15)18)12(17)19-8-9-6-4-3-5-7-9/h3-7,10H,8H2,1-2H3. The van der Waals surface area contributed by atoms with Crippen LogP contribution in [0.1, 0.15) is 5.56 Å². The van der Waals surface area contributed by atoms with Gasteiger partial charge in [-0.05, 0) is 5.56 Å². The second kappa shape index (κ2) is 5.70. The minimum atomic E-state index is -1.53. The molecule has 0 spiro atoms. The van der Waals surface area contributed by atoms with Crippen LogP contribution in [-0.4, -0.2) is 48.2 Å². The molecule has 1 atom stereocenters. The van der Waals surface area contributed by atoms with Crippen LogP contribution in [0.15, 0.2) is 30.3 Å². The van der Waals surface area contributed by atoms with E-state index in [2.05, 4.69) is 0 Å². The Kier molecular flexibility index (Phi) is 3.99. The monoisotopic (exact) mass is 278 g/mol. The number of hydrogen-bond acceptors (Lipinski definition) is 6. The van der Waals surface area contributed by atoms with Gasteiger partial charge in [0.15, 0.2) is 0 Å². The second-order valence-corrected chi connectivity index (χ2v) is 4.35. The number of cyclic esters (lactones) is 1. The van der Waals surface area contributed by atoms with Gasteiger partial charge in [0, 0.05) is 14.1 Å². The molecule has 7 nitrogen and oxygen atoms in total. The first-order valence-corrected chi connectivity index (χ1v) is 5.93. The fourth-order valence-electron chi connectivity index (χ4n) is 1.72. The van der Waals surface area contributed by atoms with Crippen LogP contribution in [0.4, 0.5) is 4.79 Å². The fourth-order valence-corrected chi connectivity index (χ4v) is 1.72. The number of hydrogen-bond donors (Lipinski definition) is 0. The maximum atomic E-state index is 11.8. The first-order chi connectivity index (χ1) is 9.50. The molecule has 2 amide bonds. The van der Waals surface area contributed by atoms with Gasteiger partial charge in [0.05, 0.1) is 0 Å². The van der Waals surface area contributed by atoms with E-state index < -0.39 is 24.1 Å². The third-order valence-corrected chi connectivity index (χ3v) is 2.66. The van der Waals surface area contributed by atoms with Gasteiger partial charge in [0.25, 0.3) is 12.0 Å². The van der Waals surface area contributed by atoms with Gasteiger partial charge in [-0.3, -0.25) is 4.79 Å². The number of hydrazine groups is 1. The minimum Gasteiger partial charge on any atom is -0.458 e. The summed E-state index contributed by atoms with van der Waals surface area (Å²) in [6, 6.07) is 9.00. The first kappa shape index (κ1) is 14.0. The van der Waals surface area contributed by atoms with E-state index in [0.29, 0.717) is 0 Å². The lowest BCUT2D eigenvalue weighted by Gasteiger charge is -2.17. The molecule has 0 radical (unpaired) electrons. The van der Waals surface area contributed by atoms with E-state index in [9.17, 15) is 14.4 Å². The predicted molar refractivity (Wildman–Crippen MR) is 67.0 cm³/mol. The van der Waals surface area contributed by atoms with E-state index in [1.54, 1.807) is 24.3 Å². The van der Waals surface area contributed by atoms with Crippen LogP contribution in [0.5, 0.6) is 0 Å². The SMILES string of the molecule is CN(C)N1C(=O)OC(C(=O)OCc2ccccc2)C1=O. The zero-order valence-electron chi connectivity index (χ0n) is 11.1. The highest BCUT2D eigenvalue weighted by Gasteiger charge is 2.47. The quantitative estimate of drug-likeness (QED) is 0.591. The molecular weight excluding hydrogens is 264 g/mol. The van der Waals surface area contributed by atoms with Gasteiger partial charge in [-0.25, -0.2) is 14.6 Å². The Morgan fingerprint density at radius 3 is 2.50 bits per heavy atom. The molecule has 1 heterocycles. The third-order valence-electron chi connectivity index (χ3n) is 2.66. The maximum Gasteiger partial charge on any atom is 0.433 e. The largest absolute Gasteiger partial charge is 0.458 e. The number of carbonyl (C=O) groups is 3. The first-order valence-electron chi connectivity index (χ1n) is 5.93. The van der Waals surface area contributed by atoms with E-state index in [-0.39, 0.29) is 6.61 Å². The Hall–Kier alpha value is -2.41. The lowest BCUT2D eigenvalue weighted by molar-refractivity contribution is -0.158. The molecule has 1 aliphatic rings. The summed E-state index contributed by atoms with van der Waals surface area (Å²) >= 11 is 0. The van der Waals surface area contributed by atoms with Gasteiger partial charge in [0.1, 0.15) is 6.61 Å². The predicted octanol–water partition coefficient (Wildman–Crippen LogP) is 0.554. The van der Waals surface area contributed by atoms with Crippen LogP contribution in [0, 0.1) is 0 Å². The van der Waals surface area contributed by atoms with Gasteiger partial charge in [-0.1, -0.05) is 30.3 Å². The molecule has 1 fully saturated rings. The number of rotatable bonds is 4. The fraction of sp³-hybridized carbons (Fsp3) is 0.308. The molecule has 0 aliphatic carbocycles. The highest BCUT2D eigenvalue weighted by atomic mass is 16.6. The number of nitrogens with zero attached hydrogens (tertiary/aromatic N) is 2. The highest BCUT2D eigenvalue weighted by Crippen LogP contribution is 2.16. The summed E-state index contributed by atoms with van der Waals surface area (Å²) in [5.74, 6) is -1.63. The van der Waals surface area contributed by atoms with Crippen LogP contribution in [0.2, 0.25) is 0 Å². The van der Waals surface area contributed by atoms with Crippen molar-refractivity contribution in [3.63, 3.8) is 0 Å². The van der Waals surface area contributed by atoms with Crippen LogP contribution in [0.25, 0.3) is 0 Å². The molecule has 1 aromatic carbocycles. The van der Waals surface area contributed by atoms with Crippen LogP contribution < -0.4 is 0 Å².